The third-order valence-electron chi connectivity index (χ3n) is 4.40. The number of imide groups is 1. The Morgan fingerprint density at radius 1 is 1.25 bits per heavy atom. The third kappa shape index (κ3) is 3.51. The van der Waals surface area contributed by atoms with Crippen LogP contribution in [0.25, 0.3) is 0 Å². The van der Waals surface area contributed by atoms with Crippen LogP contribution in [0.5, 0.6) is 0 Å². The van der Waals surface area contributed by atoms with Crippen molar-refractivity contribution in [1.82, 2.24) is 15.5 Å². The number of benzene rings is 1. The fourth-order valence-corrected chi connectivity index (χ4v) is 3.24. The maximum Gasteiger partial charge on any atom is 0.322 e. The summed E-state index contributed by atoms with van der Waals surface area (Å²) in [5.74, 6) is -0.928. The number of nitrogens with zero attached hydrogens (tertiary/aromatic N) is 1. The highest BCUT2D eigenvalue weighted by Crippen LogP contribution is 2.24. The van der Waals surface area contributed by atoms with Gasteiger partial charge in [0.25, 0.3) is 5.91 Å². The highest BCUT2D eigenvalue weighted by atomic mass is 35.5. The Morgan fingerprint density at radius 2 is 1.92 bits per heavy atom. The summed E-state index contributed by atoms with van der Waals surface area (Å²) in [5.41, 5.74) is 1.83. The lowest BCUT2D eigenvalue weighted by atomic mass is 10.0. The fraction of sp³-hybridized carbons (Fsp3) is 0.438. The Kier molecular flexibility index (Phi) is 4.71. The van der Waals surface area contributed by atoms with Gasteiger partial charge >= 0.3 is 6.03 Å². The van der Waals surface area contributed by atoms with Crippen LogP contribution in [0.4, 0.5) is 9.18 Å². The number of fused-ring (bicyclic) bond motifs is 1. The normalized spacial score (nSPS) is 20.2. The van der Waals surface area contributed by atoms with Crippen molar-refractivity contribution >= 4 is 29.4 Å². The van der Waals surface area contributed by atoms with Crippen molar-refractivity contribution in [3.63, 3.8) is 0 Å². The summed E-state index contributed by atoms with van der Waals surface area (Å²) < 4.78 is 13.6. The van der Waals surface area contributed by atoms with Crippen LogP contribution in [0.2, 0.25) is 5.02 Å². The van der Waals surface area contributed by atoms with E-state index in [0.717, 1.165) is 11.1 Å². The molecule has 2 aliphatic rings. The molecule has 1 aromatic carbocycles. The quantitative estimate of drug-likeness (QED) is 0.806. The molecular formula is C16H17ClFN3O3. The van der Waals surface area contributed by atoms with Gasteiger partial charge in [-0.1, -0.05) is 11.6 Å². The first-order valence-electron chi connectivity index (χ1n) is 7.80. The summed E-state index contributed by atoms with van der Waals surface area (Å²) in [6, 6.07) is 1.88. The molecule has 24 heavy (non-hydrogen) atoms. The molecule has 4 amide bonds. The molecule has 3 rings (SSSR count). The molecule has 0 aliphatic carbocycles. The van der Waals surface area contributed by atoms with Gasteiger partial charge in [0.15, 0.2) is 0 Å². The molecule has 1 saturated heterocycles. The van der Waals surface area contributed by atoms with Crippen molar-refractivity contribution in [2.24, 2.45) is 0 Å². The lowest BCUT2D eigenvalue weighted by Gasteiger charge is -2.20. The predicted molar refractivity (Wildman–Crippen MR) is 85.1 cm³/mol. The van der Waals surface area contributed by atoms with Crippen molar-refractivity contribution in [3.05, 3.63) is 34.1 Å². The van der Waals surface area contributed by atoms with E-state index in [4.69, 9.17) is 11.6 Å². The average molecular weight is 354 g/mol. The zero-order valence-corrected chi connectivity index (χ0v) is 13.7. The molecule has 8 heteroatoms. The van der Waals surface area contributed by atoms with Crippen LogP contribution in [0, 0.1) is 5.82 Å². The second-order valence-electron chi connectivity index (χ2n) is 5.97. The van der Waals surface area contributed by atoms with E-state index in [1.807, 2.05) is 0 Å². The molecule has 0 radical (unpaired) electrons. The molecule has 2 N–H and O–H groups in total. The molecule has 2 heterocycles. The van der Waals surface area contributed by atoms with Gasteiger partial charge in [-0.3, -0.25) is 14.9 Å². The monoisotopic (exact) mass is 353 g/mol. The second kappa shape index (κ2) is 6.76. The van der Waals surface area contributed by atoms with Gasteiger partial charge < -0.3 is 10.2 Å². The molecule has 1 fully saturated rings. The van der Waals surface area contributed by atoms with E-state index >= 15 is 0 Å². The van der Waals surface area contributed by atoms with Crippen molar-refractivity contribution in [2.75, 3.05) is 13.1 Å². The van der Waals surface area contributed by atoms with E-state index in [1.165, 1.54) is 6.07 Å². The zero-order chi connectivity index (χ0) is 17.3. The first kappa shape index (κ1) is 16.7. The Balaban J connectivity index is 1.57. The number of urea groups is 1. The predicted octanol–water partition coefficient (Wildman–Crippen LogP) is 1.39. The largest absolute Gasteiger partial charge is 0.342 e. The minimum Gasteiger partial charge on any atom is -0.342 e. The van der Waals surface area contributed by atoms with Crippen LogP contribution in [-0.2, 0) is 22.4 Å². The number of hydrogen-bond donors (Lipinski definition) is 2. The summed E-state index contributed by atoms with van der Waals surface area (Å²) in [6.45, 7) is 1.02. The Morgan fingerprint density at radius 3 is 2.54 bits per heavy atom. The molecule has 1 unspecified atom stereocenters. The molecule has 1 atom stereocenters. The van der Waals surface area contributed by atoms with E-state index in [1.54, 1.807) is 11.0 Å². The zero-order valence-electron chi connectivity index (χ0n) is 12.9. The smallest absolute Gasteiger partial charge is 0.322 e. The SMILES string of the molecule is O=C1NC(=O)C(CCC(=O)N2CCc3cc(F)c(Cl)cc3CC2)N1. The lowest BCUT2D eigenvalue weighted by Crippen LogP contribution is -2.36. The first-order valence-corrected chi connectivity index (χ1v) is 8.18. The molecule has 2 aliphatic heterocycles. The summed E-state index contributed by atoms with van der Waals surface area (Å²) in [7, 11) is 0. The van der Waals surface area contributed by atoms with Gasteiger partial charge in [-0.15, -0.1) is 0 Å². The number of carbonyl (C=O) groups is 3. The molecule has 0 aromatic heterocycles. The molecule has 0 saturated carbocycles. The first-order chi connectivity index (χ1) is 11.4. The van der Waals surface area contributed by atoms with Crippen molar-refractivity contribution in [1.29, 1.82) is 0 Å². The third-order valence-corrected chi connectivity index (χ3v) is 4.69. The number of amides is 4. The molecule has 1 aromatic rings. The molecular weight excluding hydrogens is 337 g/mol. The van der Waals surface area contributed by atoms with E-state index < -0.39 is 23.8 Å². The van der Waals surface area contributed by atoms with Gasteiger partial charge in [-0.05, 0) is 42.5 Å². The number of nitrogens with one attached hydrogen (secondary N) is 2. The highest BCUT2D eigenvalue weighted by molar-refractivity contribution is 6.30. The lowest BCUT2D eigenvalue weighted by molar-refractivity contribution is -0.131. The Labute approximate surface area is 143 Å². The minimum atomic E-state index is -0.654. The van der Waals surface area contributed by atoms with Gasteiger partial charge in [0.1, 0.15) is 11.9 Å². The van der Waals surface area contributed by atoms with E-state index in [2.05, 4.69) is 10.6 Å². The van der Waals surface area contributed by atoms with Gasteiger partial charge in [0, 0.05) is 19.5 Å². The van der Waals surface area contributed by atoms with Crippen LogP contribution < -0.4 is 10.6 Å². The van der Waals surface area contributed by atoms with Gasteiger partial charge in [0.2, 0.25) is 5.91 Å². The fourth-order valence-electron chi connectivity index (χ4n) is 3.05. The van der Waals surface area contributed by atoms with Crippen LogP contribution in [0.15, 0.2) is 12.1 Å². The van der Waals surface area contributed by atoms with Crippen molar-refractivity contribution in [2.45, 2.75) is 31.7 Å². The number of hydrogen-bond acceptors (Lipinski definition) is 3. The molecule has 6 nitrogen and oxygen atoms in total. The summed E-state index contributed by atoms with van der Waals surface area (Å²) >= 11 is 5.82. The topological polar surface area (TPSA) is 78.5 Å². The highest BCUT2D eigenvalue weighted by Gasteiger charge is 2.30. The summed E-state index contributed by atoms with van der Waals surface area (Å²) in [4.78, 5) is 36.6. The van der Waals surface area contributed by atoms with Crippen molar-refractivity contribution < 1.29 is 18.8 Å². The second-order valence-corrected chi connectivity index (χ2v) is 6.38. The van der Waals surface area contributed by atoms with Crippen LogP contribution in [0.1, 0.15) is 24.0 Å². The van der Waals surface area contributed by atoms with Gasteiger partial charge in [-0.25, -0.2) is 9.18 Å². The number of carbonyl (C=O) groups excluding carboxylic acids is 3. The summed E-state index contributed by atoms with van der Waals surface area (Å²) in [5, 5.41) is 4.71. The van der Waals surface area contributed by atoms with Gasteiger partial charge in [0.05, 0.1) is 5.02 Å². The molecule has 0 spiro atoms. The number of rotatable bonds is 3. The van der Waals surface area contributed by atoms with Crippen molar-refractivity contribution in [3.8, 4) is 0 Å². The average Bonchev–Trinajstić information content (AvgIpc) is 2.73. The maximum absolute atomic E-state index is 13.6. The molecule has 0 bridgehead atoms. The van der Waals surface area contributed by atoms with Crippen LogP contribution in [0.3, 0.4) is 0 Å². The molecule has 128 valence electrons. The number of halogens is 2. The van der Waals surface area contributed by atoms with E-state index in [-0.39, 0.29) is 23.8 Å². The standard InChI is InChI=1S/C16H17ClFN3O3/c17-11-7-9-3-5-21(6-4-10(9)8-12(11)18)14(22)2-1-13-15(23)20-16(24)19-13/h7-8,13H,1-6H2,(H2,19,20,23,24). The van der Waals surface area contributed by atoms with E-state index in [0.29, 0.717) is 25.9 Å². The Bertz CT molecular complexity index is 677. The Hall–Kier alpha value is -2.15. The minimum absolute atomic E-state index is 0.0803. The summed E-state index contributed by atoms with van der Waals surface area (Å²) in [6.07, 6.45) is 1.61. The van der Waals surface area contributed by atoms with Crippen LogP contribution in [-0.4, -0.2) is 41.9 Å². The van der Waals surface area contributed by atoms with Gasteiger partial charge in [-0.2, -0.15) is 0 Å². The maximum atomic E-state index is 13.6. The van der Waals surface area contributed by atoms with Crippen LogP contribution >= 0.6 is 11.6 Å². The van der Waals surface area contributed by atoms with E-state index in [9.17, 15) is 18.8 Å².